The van der Waals surface area contributed by atoms with E-state index in [1.807, 2.05) is 30.0 Å². The highest BCUT2D eigenvalue weighted by Gasteiger charge is 2.27. The van der Waals surface area contributed by atoms with Crippen LogP contribution in [0.2, 0.25) is 5.02 Å². The number of hydrogen-bond acceptors (Lipinski definition) is 6. The van der Waals surface area contributed by atoms with Gasteiger partial charge in [0.1, 0.15) is 4.88 Å². The largest absolute Gasteiger partial charge is 0.338 e. The molecule has 0 saturated carbocycles. The zero-order valence-electron chi connectivity index (χ0n) is 13.6. The van der Waals surface area contributed by atoms with E-state index in [4.69, 9.17) is 11.6 Å². The van der Waals surface area contributed by atoms with Crippen molar-refractivity contribution in [2.45, 2.75) is 25.7 Å². The average Bonchev–Trinajstić information content (AvgIpc) is 3.07. The van der Waals surface area contributed by atoms with Crippen molar-refractivity contribution < 1.29 is 4.79 Å². The van der Waals surface area contributed by atoms with Gasteiger partial charge in [0.25, 0.3) is 5.91 Å². The summed E-state index contributed by atoms with van der Waals surface area (Å²) in [5, 5.41) is 5.48. The molecule has 1 saturated heterocycles. The molecule has 0 unspecified atom stereocenters. The molecule has 0 aliphatic carbocycles. The van der Waals surface area contributed by atoms with Crippen molar-refractivity contribution >= 4 is 40.1 Å². The summed E-state index contributed by atoms with van der Waals surface area (Å²) >= 11 is 7.14. The molecule has 8 heteroatoms. The van der Waals surface area contributed by atoms with E-state index < -0.39 is 0 Å². The summed E-state index contributed by atoms with van der Waals surface area (Å²) in [6, 6.07) is 5.92. The molecule has 0 aromatic carbocycles. The van der Waals surface area contributed by atoms with Crippen LogP contribution in [-0.2, 0) is 0 Å². The highest BCUT2D eigenvalue weighted by Crippen LogP contribution is 2.29. The van der Waals surface area contributed by atoms with E-state index in [2.05, 4.69) is 19.6 Å². The lowest BCUT2D eigenvalue weighted by molar-refractivity contribution is 0.0716. The average molecular weight is 374 g/mol. The fourth-order valence-electron chi connectivity index (χ4n) is 3.18. The van der Waals surface area contributed by atoms with Crippen molar-refractivity contribution in [1.29, 1.82) is 0 Å². The van der Waals surface area contributed by atoms with E-state index in [1.54, 1.807) is 6.20 Å². The summed E-state index contributed by atoms with van der Waals surface area (Å²) in [5.74, 6) is 0.375. The second-order valence-corrected chi connectivity index (χ2v) is 7.38. The molecule has 1 fully saturated rings. The highest BCUT2D eigenvalue weighted by molar-refractivity contribution is 7.07. The van der Waals surface area contributed by atoms with E-state index >= 15 is 0 Å². The molecule has 0 bridgehead atoms. The lowest BCUT2D eigenvalue weighted by atomic mass is 9.92. The summed E-state index contributed by atoms with van der Waals surface area (Å²) in [7, 11) is 0. The Labute approximate surface area is 154 Å². The Hall–Kier alpha value is -2.12. The normalized spacial score (nSPS) is 15.7. The molecule has 0 N–H and O–H groups in total. The van der Waals surface area contributed by atoms with Crippen LogP contribution < -0.4 is 0 Å². The number of carbonyl (C=O) groups excluding carboxylic acids is 1. The fraction of sp³-hybridized carbons (Fsp3) is 0.353. The molecular formula is C17H16ClN5OS. The SMILES string of the molecule is Cc1nnsc1C(=O)N1CCC(c2ccc3cc(Cl)cnc3n2)CC1. The zero-order chi connectivity index (χ0) is 17.4. The van der Waals surface area contributed by atoms with Crippen LogP contribution in [0.4, 0.5) is 0 Å². The van der Waals surface area contributed by atoms with Gasteiger partial charge in [-0.1, -0.05) is 16.1 Å². The molecule has 1 amide bonds. The minimum Gasteiger partial charge on any atom is -0.338 e. The van der Waals surface area contributed by atoms with Crippen molar-refractivity contribution in [3.63, 3.8) is 0 Å². The molecule has 1 aliphatic rings. The maximum Gasteiger partial charge on any atom is 0.267 e. The van der Waals surface area contributed by atoms with Crippen molar-refractivity contribution in [2.24, 2.45) is 0 Å². The topological polar surface area (TPSA) is 71.9 Å². The first-order valence-corrected chi connectivity index (χ1v) is 9.27. The quantitative estimate of drug-likeness (QED) is 0.687. The number of carbonyl (C=O) groups is 1. The summed E-state index contributed by atoms with van der Waals surface area (Å²) in [6.45, 7) is 3.25. The minimum absolute atomic E-state index is 0.0359. The number of piperidine rings is 1. The Kier molecular flexibility index (Phi) is 4.35. The minimum atomic E-state index is 0.0359. The van der Waals surface area contributed by atoms with Gasteiger partial charge in [-0.25, -0.2) is 9.97 Å². The summed E-state index contributed by atoms with van der Waals surface area (Å²) in [5.41, 5.74) is 2.45. The van der Waals surface area contributed by atoms with Crippen LogP contribution in [-0.4, -0.2) is 43.5 Å². The standard InChI is InChI=1S/C17H16ClN5OS/c1-10-15(25-22-21-10)17(24)23-6-4-11(5-7-23)14-3-2-12-8-13(18)9-19-16(12)20-14/h2-3,8-9,11H,4-7H2,1H3. The van der Waals surface area contributed by atoms with E-state index in [-0.39, 0.29) is 5.91 Å². The van der Waals surface area contributed by atoms with E-state index in [9.17, 15) is 4.79 Å². The smallest absolute Gasteiger partial charge is 0.267 e. The van der Waals surface area contributed by atoms with Crippen LogP contribution >= 0.6 is 23.1 Å². The zero-order valence-corrected chi connectivity index (χ0v) is 15.2. The first-order chi connectivity index (χ1) is 12.1. The maximum atomic E-state index is 12.5. The van der Waals surface area contributed by atoms with Crippen molar-refractivity contribution in [3.8, 4) is 0 Å². The number of likely N-dealkylation sites (tertiary alicyclic amines) is 1. The predicted molar refractivity (Wildman–Crippen MR) is 97.1 cm³/mol. The van der Waals surface area contributed by atoms with Crippen LogP contribution in [0.3, 0.4) is 0 Å². The van der Waals surface area contributed by atoms with Gasteiger partial charge in [-0.05, 0) is 49.5 Å². The number of aromatic nitrogens is 4. The van der Waals surface area contributed by atoms with Gasteiger partial charge in [-0.2, -0.15) is 0 Å². The van der Waals surface area contributed by atoms with Gasteiger partial charge in [-0.15, -0.1) is 5.10 Å². The van der Waals surface area contributed by atoms with Gasteiger partial charge in [-0.3, -0.25) is 4.79 Å². The van der Waals surface area contributed by atoms with E-state index in [0.717, 1.165) is 23.9 Å². The molecule has 6 nitrogen and oxygen atoms in total. The van der Waals surface area contributed by atoms with Gasteiger partial charge in [0.05, 0.1) is 10.7 Å². The van der Waals surface area contributed by atoms with Gasteiger partial charge in [0.2, 0.25) is 0 Å². The number of hydrogen-bond donors (Lipinski definition) is 0. The molecule has 4 rings (SSSR count). The van der Waals surface area contributed by atoms with Crippen molar-refractivity contribution in [3.05, 3.63) is 45.7 Å². The fourth-order valence-corrected chi connectivity index (χ4v) is 3.97. The highest BCUT2D eigenvalue weighted by atomic mass is 35.5. The number of pyridine rings is 2. The number of rotatable bonds is 2. The number of fused-ring (bicyclic) bond motifs is 1. The Bertz CT molecular complexity index is 936. The molecule has 3 aromatic heterocycles. The Balaban J connectivity index is 1.47. The number of amides is 1. The molecule has 4 heterocycles. The van der Waals surface area contributed by atoms with Crippen LogP contribution in [0.15, 0.2) is 24.4 Å². The Morgan fingerprint density at radius 2 is 2.12 bits per heavy atom. The van der Waals surface area contributed by atoms with Crippen molar-refractivity contribution in [1.82, 2.24) is 24.5 Å². The van der Waals surface area contributed by atoms with E-state index in [0.29, 0.717) is 40.2 Å². The Morgan fingerprint density at radius 1 is 1.32 bits per heavy atom. The van der Waals surface area contributed by atoms with Gasteiger partial charge < -0.3 is 4.90 Å². The second-order valence-electron chi connectivity index (χ2n) is 6.19. The Morgan fingerprint density at radius 3 is 2.84 bits per heavy atom. The van der Waals surface area contributed by atoms with Crippen LogP contribution in [0.25, 0.3) is 11.0 Å². The molecule has 3 aromatic rings. The number of nitrogens with zero attached hydrogens (tertiary/aromatic N) is 5. The first-order valence-electron chi connectivity index (χ1n) is 8.12. The first kappa shape index (κ1) is 16.4. The second kappa shape index (κ2) is 6.65. The van der Waals surface area contributed by atoms with Crippen LogP contribution in [0.5, 0.6) is 0 Å². The monoisotopic (exact) mass is 373 g/mol. The molecular weight excluding hydrogens is 358 g/mol. The third-order valence-electron chi connectivity index (χ3n) is 4.58. The molecule has 1 aliphatic heterocycles. The molecule has 0 atom stereocenters. The summed E-state index contributed by atoms with van der Waals surface area (Å²) in [4.78, 5) is 24.1. The molecule has 0 radical (unpaired) electrons. The van der Waals surface area contributed by atoms with Crippen molar-refractivity contribution in [2.75, 3.05) is 13.1 Å². The summed E-state index contributed by atoms with van der Waals surface area (Å²) < 4.78 is 3.85. The molecule has 25 heavy (non-hydrogen) atoms. The predicted octanol–water partition coefficient (Wildman–Crippen LogP) is 3.46. The summed E-state index contributed by atoms with van der Waals surface area (Å²) in [6.07, 6.45) is 3.40. The number of halogens is 1. The number of aryl methyl sites for hydroxylation is 1. The molecule has 0 spiro atoms. The van der Waals surface area contributed by atoms with E-state index in [1.165, 1.54) is 11.5 Å². The van der Waals surface area contributed by atoms with Crippen LogP contribution in [0.1, 0.15) is 39.8 Å². The lowest BCUT2D eigenvalue weighted by Crippen LogP contribution is -2.38. The van der Waals surface area contributed by atoms with Gasteiger partial charge in [0, 0.05) is 36.3 Å². The van der Waals surface area contributed by atoms with Gasteiger partial charge in [0.15, 0.2) is 5.65 Å². The molecule has 128 valence electrons. The third-order valence-corrected chi connectivity index (χ3v) is 5.60. The van der Waals surface area contributed by atoms with Crippen LogP contribution in [0, 0.1) is 6.92 Å². The lowest BCUT2D eigenvalue weighted by Gasteiger charge is -2.31. The third kappa shape index (κ3) is 3.21. The maximum absolute atomic E-state index is 12.5. The van der Waals surface area contributed by atoms with Gasteiger partial charge >= 0.3 is 0 Å².